The molecule has 1 amide bonds. The molecular formula is C11H13ClN2O2. The Morgan fingerprint density at radius 3 is 3.06 bits per heavy atom. The van der Waals surface area contributed by atoms with Gasteiger partial charge < -0.3 is 10.5 Å². The Morgan fingerprint density at radius 2 is 2.38 bits per heavy atom. The highest BCUT2D eigenvalue weighted by Crippen LogP contribution is 2.34. The molecule has 1 aliphatic rings. The number of carbonyl (C=O) groups is 1. The first-order valence-electron chi connectivity index (χ1n) is 5.04. The number of benzene rings is 1. The van der Waals surface area contributed by atoms with Crippen molar-refractivity contribution < 1.29 is 9.53 Å². The quantitative estimate of drug-likeness (QED) is 0.757. The van der Waals surface area contributed by atoms with E-state index in [1.165, 1.54) is 7.11 Å². The molecular weight excluding hydrogens is 228 g/mol. The van der Waals surface area contributed by atoms with Crippen LogP contribution in [0.3, 0.4) is 0 Å². The van der Waals surface area contributed by atoms with Gasteiger partial charge in [-0.2, -0.15) is 0 Å². The van der Waals surface area contributed by atoms with E-state index in [1.807, 2.05) is 0 Å². The lowest BCUT2D eigenvalue weighted by atomic mass is 9.97. The van der Waals surface area contributed by atoms with Gasteiger partial charge in [0.1, 0.15) is 0 Å². The van der Waals surface area contributed by atoms with Crippen LogP contribution in [0.1, 0.15) is 18.0 Å². The minimum atomic E-state index is -0.365. The normalized spacial score (nSPS) is 19.2. The maximum Gasteiger partial charge on any atom is 0.414 e. The predicted molar refractivity (Wildman–Crippen MR) is 62.7 cm³/mol. The van der Waals surface area contributed by atoms with E-state index < -0.39 is 0 Å². The number of fused-ring (bicyclic) bond motifs is 1. The number of amides is 1. The van der Waals surface area contributed by atoms with Crippen molar-refractivity contribution in [3.8, 4) is 0 Å². The van der Waals surface area contributed by atoms with Crippen LogP contribution in [-0.2, 0) is 4.74 Å². The van der Waals surface area contributed by atoms with E-state index in [0.717, 1.165) is 11.3 Å². The molecule has 0 fully saturated rings. The van der Waals surface area contributed by atoms with Crippen molar-refractivity contribution >= 4 is 23.4 Å². The third kappa shape index (κ3) is 1.86. The van der Waals surface area contributed by atoms with Crippen LogP contribution < -0.4 is 10.6 Å². The SMILES string of the molecule is COC(=O)N1CCC(N)c2cc(Cl)ccc21. The maximum absolute atomic E-state index is 11.6. The lowest BCUT2D eigenvalue weighted by Crippen LogP contribution is -2.38. The summed E-state index contributed by atoms with van der Waals surface area (Å²) in [4.78, 5) is 13.1. The molecule has 0 saturated heterocycles. The Labute approximate surface area is 98.9 Å². The molecule has 0 saturated carbocycles. The second-order valence-electron chi connectivity index (χ2n) is 3.72. The summed E-state index contributed by atoms with van der Waals surface area (Å²) in [5.74, 6) is 0. The van der Waals surface area contributed by atoms with E-state index in [0.29, 0.717) is 18.0 Å². The number of hydrogen-bond donors (Lipinski definition) is 1. The minimum absolute atomic E-state index is 0.0744. The van der Waals surface area contributed by atoms with E-state index in [4.69, 9.17) is 22.1 Å². The molecule has 5 heteroatoms. The third-order valence-corrected chi connectivity index (χ3v) is 2.97. The summed E-state index contributed by atoms with van der Waals surface area (Å²) >= 11 is 5.91. The van der Waals surface area contributed by atoms with Gasteiger partial charge >= 0.3 is 6.09 Å². The number of rotatable bonds is 0. The monoisotopic (exact) mass is 240 g/mol. The molecule has 2 N–H and O–H groups in total. The molecule has 0 spiro atoms. The number of nitrogens with two attached hydrogens (primary N) is 1. The van der Waals surface area contributed by atoms with E-state index in [9.17, 15) is 4.79 Å². The molecule has 86 valence electrons. The highest BCUT2D eigenvalue weighted by molar-refractivity contribution is 6.30. The lowest BCUT2D eigenvalue weighted by molar-refractivity contribution is 0.178. The van der Waals surface area contributed by atoms with E-state index in [1.54, 1.807) is 23.1 Å². The summed E-state index contributed by atoms with van der Waals surface area (Å²) in [6, 6.07) is 5.27. The molecule has 16 heavy (non-hydrogen) atoms. The average molecular weight is 241 g/mol. The molecule has 1 atom stereocenters. The fraction of sp³-hybridized carbons (Fsp3) is 0.364. The number of nitrogens with zero attached hydrogens (tertiary/aromatic N) is 1. The Morgan fingerprint density at radius 1 is 1.62 bits per heavy atom. The van der Waals surface area contributed by atoms with Crippen molar-refractivity contribution in [1.82, 2.24) is 0 Å². The van der Waals surface area contributed by atoms with Gasteiger partial charge in [-0.15, -0.1) is 0 Å². The smallest absolute Gasteiger partial charge is 0.414 e. The van der Waals surface area contributed by atoms with E-state index in [2.05, 4.69) is 0 Å². The van der Waals surface area contributed by atoms with Gasteiger partial charge in [0.05, 0.1) is 12.8 Å². The van der Waals surface area contributed by atoms with Crippen LogP contribution in [-0.4, -0.2) is 19.7 Å². The van der Waals surface area contributed by atoms with Gasteiger partial charge in [0.2, 0.25) is 0 Å². The summed E-state index contributed by atoms with van der Waals surface area (Å²) in [5.41, 5.74) is 7.66. The number of methoxy groups -OCH3 is 1. The Bertz CT molecular complexity index is 422. The number of ether oxygens (including phenoxy) is 1. The molecule has 1 aliphatic heterocycles. The molecule has 4 nitrogen and oxygen atoms in total. The highest BCUT2D eigenvalue weighted by atomic mass is 35.5. The molecule has 1 heterocycles. The minimum Gasteiger partial charge on any atom is -0.452 e. The van der Waals surface area contributed by atoms with Gasteiger partial charge in [0.15, 0.2) is 0 Å². The predicted octanol–water partition coefficient (Wildman–Crippen LogP) is 2.32. The van der Waals surface area contributed by atoms with Crippen LogP contribution in [0.4, 0.5) is 10.5 Å². The topological polar surface area (TPSA) is 55.6 Å². The van der Waals surface area contributed by atoms with Crippen molar-refractivity contribution in [3.63, 3.8) is 0 Å². The van der Waals surface area contributed by atoms with Gasteiger partial charge in [-0.3, -0.25) is 4.90 Å². The number of hydrogen-bond acceptors (Lipinski definition) is 3. The number of carbonyl (C=O) groups excluding carboxylic acids is 1. The van der Waals surface area contributed by atoms with Crippen molar-refractivity contribution in [3.05, 3.63) is 28.8 Å². The Hall–Kier alpha value is -1.26. The van der Waals surface area contributed by atoms with Gasteiger partial charge in [-0.1, -0.05) is 11.6 Å². The van der Waals surface area contributed by atoms with Crippen molar-refractivity contribution in [2.24, 2.45) is 5.73 Å². The second-order valence-corrected chi connectivity index (χ2v) is 4.16. The number of anilines is 1. The second kappa shape index (κ2) is 4.31. The zero-order valence-corrected chi connectivity index (χ0v) is 9.70. The van der Waals surface area contributed by atoms with Crippen LogP contribution in [0.5, 0.6) is 0 Å². The van der Waals surface area contributed by atoms with Crippen LogP contribution in [0.15, 0.2) is 18.2 Å². The van der Waals surface area contributed by atoms with Gasteiger partial charge in [0.25, 0.3) is 0 Å². The largest absolute Gasteiger partial charge is 0.452 e. The molecule has 2 rings (SSSR count). The van der Waals surface area contributed by atoms with Crippen molar-refractivity contribution in [2.45, 2.75) is 12.5 Å². The molecule has 1 unspecified atom stereocenters. The van der Waals surface area contributed by atoms with Crippen LogP contribution in [0.25, 0.3) is 0 Å². The van der Waals surface area contributed by atoms with Gasteiger partial charge in [-0.25, -0.2) is 4.79 Å². The summed E-state index contributed by atoms with van der Waals surface area (Å²) in [6.45, 7) is 0.572. The fourth-order valence-corrected chi connectivity index (χ4v) is 2.09. The molecule has 0 radical (unpaired) electrons. The molecule has 0 aromatic heterocycles. The lowest BCUT2D eigenvalue weighted by Gasteiger charge is -2.31. The van der Waals surface area contributed by atoms with Crippen LogP contribution >= 0.6 is 11.6 Å². The van der Waals surface area contributed by atoms with Crippen molar-refractivity contribution in [2.75, 3.05) is 18.6 Å². The van der Waals surface area contributed by atoms with Crippen LogP contribution in [0, 0.1) is 0 Å². The number of halogens is 1. The van der Waals surface area contributed by atoms with E-state index in [-0.39, 0.29) is 12.1 Å². The van der Waals surface area contributed by atoms with Gasteiger partial charge in [-0.05, 0) is 30.2 Å². The first-order valence-corrected chi connectivity index (χ1v) is 5.42. The zero-order valence-electron chi connectivity index (χ0n) is 8.94. The highest BCUT2D eigenvalue weighted by Gasteiger charge is 2.27. The fourth-order valence-electron chi connectivity index (χ4n) is 1.91. The summed E-state index contributed by atoms with van der Waals surface area (Å²) in [5, 5.41) is 0.626. The van der Waals surface area contributed by atoms with Crippen LogP contribution in [0.2, 0.25) is 5.02 Å². The molecule has 0 aliphatic carbocycles. The molecule has 1 aromatic rings. The summed E-state index contributed by atoms with van der Waals surface area (Å²) in [7, 11) is 1.37. The zero-order chi connectivity index (χ0) is 11.7. The molecule has 0 bridgehead atoms. The van der Waals surface area contributed by atoms with E-state index >= 15 is 0 Å². The van der Waals surface area contributed by atoms with Crippen molar-refractivity contribution in [1.29, 1.82) is 0 Å². The standard InChI is InChI=1S/C11H13ClN2O2/c1-16-11(15)14-5-4-9(13)8-6-7(12)2-3-10(8)14/h2-3,6,9H,4-5,13H2,1H3. The Balaban J connectivity index is 2.44. The summed E-state index contributed by atoms with van der Waals surface area (Å²) < 4.78 is 4.73. The van der Waals surface area contributed by atoms with Gasteiger partial charge in [0, 0.05) is 17.6 Å². The molecule has 1 aromatic carbocycles. The third-order valence-electron chi connectivity index (χ3n) is 2.74. The first-order chi connectivity index (χ1) is 7.63. The maximum atomic E-state index is 11.6. The summed E-state index contributed by atoms with van der Waals surface area (Å²) in [6.07, 6.45) is 0.345. The first kappa shape index (κ1) is 11.2. The Kier molecular flexibility index (Phi) is 3.03. The average Bonchev–Trinajstić information content (AvgIpc) is 2.29.